The fraction of sp³-hybridized carbons (Fsp3) is 0.833. The van der Waals surface area contributed by atoms with Gasteiger partial charge in [-0.2, -0.15) is 26.3 Å². The van der Waals surface area contributed by atoms with Crippen LogP contribution in [-0.2, 0) is 9.53 Å². The molecule has 0 aromatic heterocycles. The SMILES string of the molecule is COC(=O)[C@@H](N)C(C(F)(F)F)C(F)(F)F. The molecule has 9 heteroatoms. The third-order valence-corrected chi connectivity index (χ3v) is 1.54. The maximum absolute atomic E-state index is 12.0. The number of methoxy groups -OCH3 is 1. The van der Waals surface area contributed by atoms with E-state index in [0.717, 1.165) is 0 Å². The van der Waals surface area contributed by atoms with Crippen LogP contribution in [0.1, 0.15) is 0 Å². The molecule has 0 aliphatic heterocycles. The molecule has 0 radical (unpaired) electrons. The van der Waals surface area contributed by atoms with E-state index in [1.165, 1.54) is 0 Å². The van der Waals surface area contributed by atoms with E-state index in [2.05, 4.69) is 10.5 Å². The summed E-state index contributed by atoms with van der Waals surface area (Å²) in [4.78, 5) is 10.5. The van der Waals surface area contributed by atoms with Gasteiger partial charge in [0.1, 0.15) is 6.04 Å². The molecule has 15 heavy (non-hydrogen) atoms. The highest BCUT2D eigenvalue weighted by Gasteiger charge is 2.61. The topological polar surface area (TPSA) is 52.3 Å². The Labute approximate surface area is 80.2 Å². The number of rotatable bonds is 2. The number of hydrogen-bond acceptors (Lipinski definition) is 3. The molecule has 90 valence electrons. The summed E-state index contributed by atoms with van der Waals surface area (Å²) in [5, 5.41) is 0. The van der Waals surface area contributed by atoms with Crippen molar-refractivity contribution in [3.8, 4) is 0 Å². The first-order valence-corrected chi connectivity index (χ1v) is 3.48. The number of carbonyl (C=O) groups is 1. The number of halogens is 6. The predicted octanol–water partition coefficient (Wildman–Crippen LogP) is 1.23. The molecule has 3 nitrogen and oxygen atoms in total. The molecule has 2 N–H and O–H groups in total. The van der Waals surface area contributed by atoms with Crippen LogP contribution in [0.3, 0.4) is 0 Å². The molecule has 0 saturated heterocycles. The summed E-state index contributed by atoms with van der Waals surface area (Å²) >= 11 is 0. The molecule has 0 bridgehead atoms. The standard InChI is InChI=1S/C6H7F6NO2/c1-15-4(14)2(13)3(5(7,8)9)6(10,11)12/h2-3H,13H2,1H3/t2-/m0/s1. The lowest BCUT2D eigenvalue weighted by atomic mass is 9.99. The Kier molecular flexibility index (Phi) is 3.97. The molecule has 0 rings (SSSR count). The Morgan fingerprint density at radius 2 is 1.47 bits per heavy atom. The highest BCUT2D eigenvalue weighted by Crippen LogP contribution is 2.40. The minimum Gasteiger partial charge on any atom is -0.468 e. The van der Waals surface area contributed by atoms with Crippen molar-refractivity contribution in [2.24, 2.45) is 11.7 Å². The van der Waals surface area contributed by atoms with Crippen molar-refractivity contribution >= 4 is 5.97 Å². The van der Waals surface area contributed by atoms with Gasteiger partial charge < -0.3 is 10.5 Å². The Morgan fingerprint density at radius 1 is 1.13 bits per heavy atom. The van der Waals surface area contributed by atoms with Gasteiger partial charge in [-0.15, -0.1) is 0 Å². The molecular formula is C6H7F6NO2. The maximum Gasteiger partial charge on any atom is 0.402 e. The second-order valence-corrected chi connectivity index (χ2v) is 2.61. The lowest BCUT2D eigenvalue weighted by molar-refractivity contribution is -0.289. The summed E-state index contributed by atoms with van der Waals surface area (Å²) in [5.41, 5.74) is 4.53. The number of nitrogens with two attached hydrogens (primary N) is 1. The highest BCUT2D eigenvalue weighted by molar-refractivity contribution is 5.76. The van der Waals surface area contributed by atoms with E-state index in [1.807, 2.05) is 0 Å². The Balaban J connectivity index is 5.06. The average Bonchev–Trinajstić information content (AvgIpc) is 1.97. The van der Waals surface area contributed by atoms with Gasteiger partial charge in [-0.25, -0.2) is 0 Å². The summed E-state index contributed by atoms with van der Waals surface area (Å²) in [7, 11) is 0.645. The molecule has 0 fully saturated rings. The summed E-state index contributed by atoms with van der Waals surface area (Å²) in [6.07, 6.45) is -11.3. The van der Waals surface area contributed by atoms with E-state index >= 15 is 0 Å². The van der Waals surface area contributed by atoms with Crippen molar-refractivity contribution in [2.75, 3.05) is 7.11 Å². The third-order valence-electron chi connectivity index (χ3n) is 1.54. The average molecular weight is 239 g/mol. The van der Waals surface area contributed by atoms with Gasteiger partial charge in [0.25, 0.3) is 0 Å². The van der Waals surface area contributed by atoms with Crippen LogP contribution in [0.2, 0.25) is 0 Å². The van der Waals surface area contributed by atoms with E-state index in [4.69, 9.17) is 0 Å². The molecule has 0 unspecified atom stereocenters. The van der Waals surface area contributed by atoms with Crippen LogP contribution in [0.4, 0.5) is 26.3 Å². The zero-order chi connectivity index (χ0) is 12.4. The Morgan fingerprint density at radius 3 is 1.67 bits per heavy atom. The fourth-order valence-electron chi connectivity index (χ4n) is 0.865. The molecule has 0 aromatic rings. The van der Waals surface area contributed by atoms with Crippen LogP contribution in [0, 0.1) is 5.92 Å². The zero-order valence-corrected chi connectivity index (χ0v) is 7.32. The number of hydrogen-bond donors (Lipinski definition) is 1. The normalized spacial score (nSPS) is 15.3. The van der Waals surface area contributed by atoms with Crippen molar-refractivity contribution in [1.29, 1.82) is 0 Å². The molecule has 0 saturated carbocycles. The van der Waals surface area contributed by atoms with Gasteiger partial charge in [0.05, 0.1) is 7.11 Å². The fourth-order valence-corrected chi connectivity index (χ4v) is 0.865. The van der Waals surface area contributed by atoms with Crippen LogP contribution in [0.15, 0.2) is 0 Å². The first-order valence-electron chi connectivity index (χ1n) is 3.48. The molecule has 0 aliphatic rings. The summed E-state index contributed by atoms with van der Waals surface area (Å²) in [6.45, 7) is 0. The van der Waals surface area contributed by atoms with Gasteiger partial charge in [-0.05, 0) is 0 Å². The van der Waals surface area contributed by atoms with E-state index < -0.39 is 30.3 Å². The Hall–Kier alpha value is -0.990. The Bertz CT molecular complexity index is 221. The molecule has 0 aliphatic carbocycles. The lowest BCUT2D eigenvalue weighted by Gasteiger charge is -2.26. The number of esters is 1. The lowest BCUT2D eigenvalue weighted by Crippen LogP contribution is -2.52. The number of alkyl halides is 6. The van der Waals surface area contributed by atoms with Gasteiger partial charge >= 0.3 is 18.3 Å². The van der Waals surface area contributed by atoms with Crippen LogP contribution in [0.5, 0.6) is 0 Å². The summed E-state index contributed by atoms with van der Waals surface area (Å²) in [5.74, 6) is -5.69. The van der Waals surface area contributed by atoms with Crippen LogP contribution < -0.4 is 5.73 Å². The second-order valence-electron chi connectivity index (χ2n) is 2.61. The highest BCUT2D eigenvalue weighted by atomic mass is 19.4. The van der Waals surface area contributed by atoms with E-state index in [9.17, 15) is 31.1 Å². The van der Waals surface area contributed by atoms with Crippen LogP contribution in [0.25, 0.3) is 0 Å². The van der Waals surface area contributed by atoms with Gasteiger partial charge in [-0.1, -0.05) is 0 Å². The van der Waals surface area contributed by atoms with Gasteiger partial charge in [0.15, 0.2) is 5.92 Å². The second kappa shape index (κ2) is 4.25. The van der Waals surface area contributed by atoms with Crippen molar-refractivity contribution in [2.45, 2.75) is 18.4 Å². The molecule has 0 aromatic carbocycles. The van der Waals surface area contributed by atoms with Crippen molar-refractivity contribution < 1.29 is 35.9 Å². The van der Waals surface area contributed by atoms with Gasteiger partial charge in [-0.3, -0.25) is 4.79 Å². The molecule has 0 spiro atoms. The van der Waals surface area contributed by atoms with E-state index in [0.29, 0.717) is 7.11 Å². The monoisotopic (exact) mass is 239 g/mol. The summed E-state index contributed by atoms with van der Waals surface area (Å²) < 4.78 is 75.5. The molecule has 0 heterocycles. The van der Waals surface area contributed by atoms with Gasteiger partial charge in [0, 0.05) is 0 Å². The number of ether oxygens (including phenoxy) is 1. The summed E-state index contributed by atoms with van der Waals surface area (Å²) in [6, 6.07) is -2.81. The van der Waals surface area contributed by atoms with Crippen molar-refractivity contribution in [1.82, 2.24) is 0 Å². The maximum atomic E-state index is 12.0. The quantitative estimate of drug-likeness (QED) is 0.582. The largest absolute Gasteiger partial charge is 0.468 e. The first-order chi connectivity index (χ1) is 6.51. The van der Waals surface area contributed by atoms with Crippen molar-refractivity contribution in [3.63, 3.8) is 0 Å². The first kappa shape index (κ1) is 14.0. The molecular weight excluding hydrogens is 232 g/mol. The number of carbonyl (C=O) groups excluding carboxylic acids is 1. The smallest absolute Gasteiger partial charge is 0.402 e. The zero-order valence-electron chi connectivity index (χ0n) is 7.32. The van der Waals surface area contributed by atoms with Crippen LogP contribution >= 0.6 is 0 Å². The van der Waals surface area contributed by atoms with E-state index in [-0.39, 0.29) is 0 Å². The minimum absolute atomic E-state index is 0.645. The minimum atomic E-state index is -5.65. The van der Waals surface area contributed by atoms with Crippen molar-refractivity contribution in [3.05, 3.63) is 0 Å². The molecule has 1 atom stereocenters. The predicted molar refractivity (Wildman–Crippen MR) is 35.6 cm³/mol. The molecule has 0 amide bonds. The van der Waals surface area contributed by atoms with Crippen LogP contribution in [-0.4, -0.2) is 31.5 Å². The van der Waals surface area contributed by atoms with Gasteiger partial charge in [0.2, 0.25) is 0 Å². The third kappa shape index (κ3) is 3.57. The van der Waals surface area contributed by atoms with E-state index in [1.54, 1.807) is 0 Å².